The molecule has 1 rings (SSSR count). The molecular formula is C12H11F3O3. The van der Waals surface area contributed by atoms with Gasteiger partial charge in [0.25, 0.3) is 0 Å². The molecule has 0 saturated carbocycles. The molecule has 0 aromatic heterocycles. The highest BCUT2D eigenvalue weighted by Crippen LogP contribution is 2.31. The quantitative estimate of drug-likeness (QED) is 0.602. The van der Waals surface area contributed by atoms with Gasteiger partial charge in [-0.3, -0.25) is 0 Å². The van der Waals surface area contributed by atoms with Crippen LogP contribution in [0.4, 0.5) is 13.2 Å². The second-order valence-electron chi connectivity index (χ2n) is 3.29. The summed E-state index contributed by atoms with van der Waals surface area (Å²) >= 11 is 0. The van der Waals surface area contributed by atoms with Crippen LogP contribution < -0.4 is 4.74 Å². The van der Waals surface area contributed by atoms with Crippen molar-refractivity contribution in [2.24, 2.45) is 0 Å². The normalized spacial score (nSPS) is 12.1. The van der Waals surface area contributed by atoms with Crippen molar-refractivity contribution in [2.75, 3.05) is 7.11 Å². The zero-order valence-corrected chi connectivity index (χ0v) is 9.53. The van der Waals surface area contributed by atoms with E-state index in [-0.39, 0.29) is 17.7 Å². The molecule has 0 spiro atoms. The topological polar surface area (TPSA) is 35.5 Å². The van der Waals surface area contributed by atoms with Crippen molar-refractivity contribution in [1.29, 1.82) is 0 Å². The van der Waals surface area contributed by atoms with Gasteiger partial charge in [-0.1, -0.05) is 18.2 Å². The van der Waals surface area contributed by atoms with E-state index >= 15 is 0 Å². The van der Waals surface area contributed by atoms with Crippen LogP contribution in [0.1, 0.15) is 12.0 Å². The lowest BCUT2D eigenvalue weighted by molar-refractivity contribution is -0.274. The van der Waals surface area contributed by atoms with Gasteiger partial charge in [-0.15, -0.1) is 13.2 Å². The highest BCUT2D eigenvalue weighted by Gasteiger charge is 2.32. The molecule has 3 nitrogen and oxygen atoms in total. The van der Waals surface area contributed by atoms with Crippen molar-refractivity contribution in [3.05, 3.63) is 36.1 Å². The minimum Gasteiger partial charge on any atom is -0.504 e. The Balaban J connectivity index is 3.14. The first-order chi connectivity index (χ1) is 8.48. The lowest BCUT2D eigenvalue weighted by Gasteiger charge is -2.14. The van der Waals surface area contributed by atoms with Gasteiger partial charge < -0.3 is 14.3 Å². The summed E-state index contributed by atoms with van der Waals surface area (Å²) < 4.78 is 45.3. The van der Waals surface area contributed by atoms with E-state index in [4.69, 9.17) is 4.74 Å². The van der Waals surface area contributed by atoms with Crippen LogP contribution in [0.15, 0.2) is 30.5 Å². The Morgan fingerprint density at radius 1 is 1.33 bits per heavy atom. The van der Waals surface area contributed by atoms with Crippen LogP contribution in [0.2, 0.25) is 0 Å². The van der Waals surface area contributed by atoms with E-state index in [1.54, 1.807) is 6.07 Å². The number of hydrogen-bond donors (Lipinski definition) is 0. The fourth-order valence-corrected chi connectivity index (χ4v) is 1.40. The van der Waals surface area contributed by atoms with Gasteiger partial charge in [-0.2, -0.15) is 0 Å². The van der Waals surface area contributed by atoms with Crippen molar-refractivity contribution in [3.63, 3.8) is 0 Å². The summed E-state index contributed by atoms with van der Waals surface area (Å²) in [5.74, 6) is -0.366. The van der Waals surface area contributed by atoms with Crippen LogP contribution in [0.5, 0.6) is 5.75 Å². The molecule has 0 aliphatic rings. The summed E-state index contributed by atoms with van der Waals surface area (Å²) in [7, 11) is 1.35. The number of alkyl halides is 3. The Labute approximate surface area is 102 Å². The Hall–Kier alpha value is -1.98. The third-order valence-electron chi connectivity index (χ3n) is 2.02. The van der Waals surface area contributed by atoms with Crippen LogP contribution in [0.25, 0.3) is 5.57 Å². The molecule has 0 saturated heterocycles. The first-order valence-corrected chi connectivity index (χ1v) is 4.98. The number of carbonyl (C=O) groups is 1. The zero-order chi connectivity index (χ0) is 13.6. The monoisotopic (exact) mass is 260 g/mol. The molecule has 0 bridgehead atoms. The molecule has 0 radical (unpaired) electrons. The van der Waals surface area contributed by atoms with Crippen molar-refractivity contribution >= 4 is 11.9 Å². The molecule has 98 valence electrons. The molecule has 6 heteroatoms. The predicted octanol–water partition coefficient (Wildman–Crippen LogP) is 3.16. The molecule has 1 aromatic rings. The van der Waals surface area contributed by atoms with E-state index < -0.39 is 6.36 Å². The molecule has 0 amide bonds. The smallest absolute Gasteiger partial charge is 0.504 e. The minimum atomic E-state index is -4.78. The number of halogens is 3. The lowest BCUT2D eigenvalue weighted by atomic mass is 10.0. The maximum Gasteiger partial charge on any atom is 0.573 e. The highest BCUT2D eigenvalue weighted by molar-refractivity contribution is 5.79. The summed E-state index contributed by atoms with van der Waals surface area (Å²) in [5, 5.41) is 0. The minimum absolute atomic E-state index is 0.0634. The van der Waals surface area contributed by atoms with Gasteiger partial charge in [-0.25, -0.2) is 0 Å². The number of benzene rings is 1. The average Bonchev–Trinajstić information content (AvgIpc) is 2.27. The molecule has 0 heterocycles. The van der Waals surface area contributed by atoms with Crippen molar-refractivity contribution in [1.82, 2.24) is 0 Å². The maximum absolute atomic E-state index is 12.2. The van der Waals surface area contributed by atoms with E-state index in [0.29, 0.717) is 11.9 Å². The van der Waals surface area contributed by atoms with Crippen LogP contribution >= 0.6 is 0 Å². The standard InChI is InChI=1S/C12H11F3O3/c1-17-8-9(6-7-16)10-4-2-3-5-11(10)18-12(13,14)15/h2-5,7-8H,6H2,1H3. The Bertz CT molecular complexity index is 438. The number of carbonyl (C=O) groups excluding carboxylic acids is 1. The summed E-state index contributed by atoms with van der Waals surface area (Å²) in [6.07, 6.45) is -3.05. The fourth-order valence-electron chi connectivity index (χ4n) is 1.40. The molecule has 0 atom stereocenters. The molecular weight excluding hydrogens is 249 g/mol. The number of aldehydes is 1. The van der Waals surface area contributed by atoms with Crippen molar-refractivity contribution in [2.45, 2.75) is 12.8 Å². The molecule has 0 unspecified atom stereocenters. The summed E-state index contributed by atoms with van der Waals surface area (Å²) in [5.41, 5.74) is 0.483. The van der Waals surface area contributed by atoms with E-state index in [9.17, 15) is 18.0 Å². The van der Waals surface area contributed by atoms with E-state index in [1.165, 1.54) is 31.6 Å². The zero-order valence-electron chi connectivity index (χ0n) is 9.53. The predicted molar refractivity (Wildman–Crippen MR) is 58.8 cm³/mol. The number of methoxy groups -OCH3 is 1. The first kappa shape index (κ1) is 14.1. The van der Waals surface area contributed by atoms with Gasteiger partial charge in [0, 0.05) is 17.6 Å². The van der Waals surface area contributed by atoms with Crippen LogP contribution in [-0.4, -0.2) is 19.8 Å². The molecule has 18 heavy (non-hydrogen) atoms. The van der Waals surface area contributed by atoms with Gasteiger partial charge in [-0.05, 0) is 6.07 Å². The number of allylic oxidation sites excluding steroid dienone is 1. The number of ether oxygens (including phenoxy) is 2. The number of hydrogen-bond acceptors (Lipinski definition) is 3. The third kappa shape index (κ3) is 4.12. The highest BCUT2D eigenvalue weighted by atomic mass is 19.4. The fraction of sp³-hybridized carbons (Fsp3) is 0.250. The first-order valence-electron chi connectivity index (χ1n) is 4.98. The van der Waals surface area contributed by atoms with Crippen LogP contribution in [0.3, 0.4) is 0 Å². The third-order valence-corrected chi connectivity index (χ3v) is 2.02. The Kier molecular flexibility index (Phi) is 4.76. The van der Waals surface area contributed by atoms with Gasteiger partial charge >= 0.3 is 6.36 Å². The maximum atomic E-state index is 12.2. The van der Waals surface area contributed by atoms with E-state index in [2.05, 4.69) is 4.74 Å². The molecule has 0 fully saturated rings. The van der Waals surface area contributed by atoms with E-state index in [0.717, 1.165) is 0 Å². The summed E-state index contributed by atoms with van der Waals surface area (Å²) in [6.45, 7) is 0. The van der Waals surface area contributed by atoms with E-state index in [1.807, 2.05) is 0 Å². The molecule has 0 aliphatic heterocycles. The summed E-state index contributed by atoms with van der Waals surface area (Å²) in [4.78, 5) is 10.5. The lowest BCUT2D eigenvalue weighted by Crippen LogP contribution is -2.18. The number of para-hydroxylation sites is 1. The summed E-state index contributed by atoms with van der Waals surface area (Å²) in [6, 6.07) is 5.56. The second kappa shape index (κ2) is 6.09. The molecule has 0 aliphatic carbocycles. The SMILES string of the molecule is COC=C(CC=O)c1ccccc1OC(F)(F)F. The second-order valence-corrected chi connectivity index (χ2v) is 3.29. The van der Waals surface area contributed by atoms with Gasteiger partial charge in [0.05, 0.1) is 13.4 Å². The van der Waals surface area contributed by atoms with Crippen LogP contribution in [0, 0.1) is 0 Å². The van der Waals surface area contributed by atoms with Gasteiger partial charge in [0.1, 0.15) is 12.0 Å². The molecule has 0 N–H and O–H groups in total. The Morgan fingerprint density at radius 3 is 2.56 bits per heavy atom. The average molecular weight is 260 g/mol. The van der Waals surface area contributed by atoms with Gasteiger partial charge in [0.15, 0.2) is 0 Å². The largest absolute Gasteiger partial charge is 0.573 e. The molecule has 1 aromatic carbocycles. The van der Waals surface area contributed by atoms with Crippen molar-refractivity contribution in [3.8, 4) is 5.75 Å². The van der Waals surface area contributed by atoms with Gasteiger partial charge in [0.2, 0.25) is 0 Å². The number of rotatable bonds is 5. The van der Waals surface area contributed by atoms with Crippen LogP contribution in [-0.2, 0) is 9.53 Å². The van der Waals surface area contributed by atoms with Crippen molar-refractivity contribution < 1.29 is 27.4 Å². The Morgan fingerprint density at radius 2 is 2.00 bits per heavy atom.